The summed E-state index contributed by atoms with van der Waals surface area (Å²) in [7, 11) is 0. The van der Waals surface area contributed by atoms with Gasteiger partial charge in [-0.25, -0.2) is 0 Å². The second-order valence-electron chi connectivity index (χ2n) is 4.62. The van der Waals surface area contributed by atoms with Crippen LogP contribution in [0.5, 0.6) is 0 Å². The molecular weight excluding hydrogens is 164 g/mol. The van der Waals surface area contributed by atoms with Crippen LogP contribution in [0.3, 0.4) is 0 Å². The van der Waals surface area contributed by atoms with E-state index in [4.69, 9.17) is 5.73 Å². The molecule has 2 N–H and O–H groups in total. The summed E-state index contributed by atoms with van der Waals surface area (Å²) in [4.78, 5) is 13.4. The minimum absolute atomic E-state index is 0.0867. The number of carbonyl (C=O) groups excluding carboxylic acids is 1. The maximum atomic E-state index is 11.5. The van der Waals surface area contributed by atoms with Gasteiger partial charge in [-0.05, 0) is 11.8 Å². The lowest BCUT2D eigenvalue weighted by Crippen LogP contribution is -2.35. The Labute approximate surface area is 80.3 Å². The maximum Gasteiger partial charge on any atom is 0.222 e. The average Bonchev–Trinajstić information content (AvgIpc) is 2.27. The standard InChI is InChI=1S/C10H20N2O/c1-4-5-9(13)12-6-8(11)10(2,3)7-12/h8H,4-7,11H2,1-3H3. The first-order valence-corrected chi connectivity index (χ1v) is 5.00. The molecule has 1 amide bonds. The number of likely N-dealkylation sites (tertiary alicyclic amines) is 1. The fraction of sp³-hybridized carbons (Fsp3) is 0.900. The highest BCUT2D eigenvalue weighted by Crippen LogP contribution is 2.28. The normalized spacial score (nSPS) is 26.5. The highest BCUT2D eigenvalue weighted by molar-refractivity contribution is 5.76. The Kier molecular flexibility index (Phi) is 2.96. The number of nitrogens with zero attached hydrogens (tertiary/aromatic N) is 1. The molecule has 0 aromatic carbocycles. The van der Waals surface area contributed by atoms with Crippen LogP contribution in [0.4, 0.5) is 0 Å². The molecule has 3 nitrogen and oxygen atoms in total. The van der Waals surface area contributed by atoms with Crippen LogP contribution in [0, 0.1) is 5.41 Å². The van der Waals surface area contributed by atoms with Crippen molar-refractivity contribution in [3.63, 3.8) is 0 Å². The molecule has 0 radical (unpaired) electrons. The van der Waals surface area contributed by atoms with Crippen LogP contribution in [-0.2, 0) is 4.79 Å². The maximum absolute atomic E-state index is 11.5. The molecule has 1 fully saturated rings. The van der Waals surface area contributed by atoms with Gasteiger partial charge in [-0.2, -0.15) is 0 Å². The van der Waals surface area contributed by atoms with Crippen LogP contribution >= 0.6 is 0 Å². The molecule has 13 heavy (non-hydrogen) atoms. The molecule has 76 valence electrons. The zero-order chi connectivity index (χ0) is 10.1. The van der Waals surface area contributed by atoms with Crippen molar-refractivity contribution >= 4 is 5.91 Å². The number of nitrogens with two attached hydrogens (primary N) is 1. The van der Waals surface area contributed by atoms with Crippen LogP contribution in [0.1, 0.15) is 33.6 Å². The van der Waals surface area contributed by atoms with Crippen LogP contribution in [0.25, 0.3) is 0 Å². The first kappa shape index (κ1) is 10.5. The largest absolute Gasteiger partial charge is 0.341 e. The van der Waals surface area contributed by atoms with Crippen molar-refractivity contribution in [3.8, 4) is 0 Å². The lowest BCUT2D eigenvalue weighted by molar-refractivity contribution is -0.130. The van der Waals surface area contributed by atoms with E-state index in [1.165, 1.54) is 0 Å². The van der Waals surface area contributed by atoms with Gasteiger partial charge in [-0.15, -0.1) is 0 Å². The summed E-state index contributed by atoms with van der Waals surface area (Å²) in [6.45, 7) is 7.81. The number of amides is 1. The Hall–Kier alpha value is -0.570. The summed E-state index contributed by atoms with van der Waals surface area (Å²) >= 11 is 0. The molecular formula is C10H20N2O. The quantitative estimate of drug-likeness (QED) is 0.695. The molecule has 0 saturated carbocycles. The third-order valence-corrected chi connectivity index (χ3v) is 2.84. The first-order valence-electron chi connectivity index (χ1n) is 5.00. The minimum atomic E-state index is 0.0867. The van der Waals surface area contributed by atoms with E-state index in [1.807, 2.05) is 11.8 Å². The van der Waals surface area contributed by atoms with Crippen LogP contribution in [0.2, 0.25) is 0 Å². The van der Waals surface area contributed by atoms with Gasteiger partial charge in [-0.1, -0.05) is 20.8 Å². The van der Waals surface area contributed by atoms with Gasteiger partial charge >= 0.3 is 0 Å². The lowest BCUT2D eigenvalue weighted by Gasteiger charge is -2.21. The number of hydrogen-bond acceptors (Lipinski definition) is 2. The van der Waals surface area contributed by atoms with Gasteiger partial charge in [-0.3, -0.25) is 4.79 Å². The molecule has 1 saturated heterocycles. The van der Waals surface area contributed by atoms with E-state index in [2.05, 4.69) is 13.8 Å². The zero-order valence-electron chi connectivity index (χ0n) is 8.84. The third kappa shape index (κ3) is 2.21. The van der Waals surface area contributed by atoms with Crippen LogP contribution in [0.15, 0.2) is 0 Å². The topological polar surface area (TPSA) is 46.3 Å². The fourth-order valence-electron chi connectivity index (χ4n) is 1.72. The second-order valence-corrected chi connectivity index (χ2v) is 4.62. The summed E-state index contributed by atoms with van der Waals surface area (Å²) in [5.41, 5.74) is 6.03. The summed E-state index contributed by atoms with van der Waals surface area (Å²) in [6.07, 6.45) is 1.58. The summed E-state index contributed by atoms with van der Waals surface area (Å²) < 4.78 is 0. The molecule has 1 aliphatic rings. The van der Waals surface area contributed by atoms with E-state index >= 15 is 0 Å². The van der Waals surface area contributed by atoms with Crippen molar-refractivity contribution in [3.05, 3.63) is 0 Å². The molecule has 1 aliphatic heterocycles. The van der Waals surface area contributed by atoms with Crippen molar-refractivity contribution in [1.82, 2.24) is 4.90 Å². The molecule has 0 aromatic rings. The van der Waals surface area contributed by atoms with Gasteiger partial charge in [0.05, 0.1) is 0 Å². The van der Waals surface area contributed by atoms with E-state index in [9.17, 15) is 4.79 Å². The molecule has 0 spiro atoms. The van der Waals surface area contributed by atoms with Gasteiger partial charge in [0.2, 0.25) is 5.91 Å². The molecule has 3 heteroatoms. The lowest BCUT2D eigenvalue weighted by atomic mass is 9.89. The fourth-order valence-corrected chi connectivity index (χ4v) is 1.72. The smallest absolute Gasteiger partial charge is 0.222 e. The van der Waals surface area contributed by atoms with Gasteiger partial charge < -0.3 is 10.6 Å². The molecule has 1 heterocycles. The van der Waals surface area contributed by atoms with E-state index < -0.39 is 0 Å². The van der Waals surface area contributed by atoms with E-state index in [0.29, 0.717) is 6.42 Å². The van der Waals surface area contributed by atoms with Gasteiger partial charge in [0, 0.05) is 25.6 Å². The summed E-state index contributed by atoms with van der Waals surface area (Å²) in [6, 6.07) is 0.133. The molecule has 1 rings (SSSR count). The van der Waals surface area contributed by atoms with Crippen molar-refractivity contribution in [2.45, 2.75) is 39.7 Å². The molecule has 1 unspecified atom stereocenters. The van der Waals surface area contributed by atoms with Gasteiger partial charge in [0.25, 0.3) is 0 Å². The third-order valence-electron chi connectivity index (χ3n) is 2.84. The highest BCUT2D eigenvalue weighted by Gasteiger charge is 2.38. The summed E-state index contributed by atoms with van der Waals surface area (Å²) in [5, 5.41) is 0. The monoisotopic (exact) mass is 184 g/mol. The summed E-state index contributed by atoms with van der Waals surface area (Å²) in [5.74, 6) is 0.253. The van der Waals surface area contributed by atoms with Crippen molar-refractivity contribution in [2.75, 3.05) is 13.1 Å². The van der Waals surface area contributed by atoms with Crippen molar-refractivity contribution in [1.29, 1.82) is 0 Å². The first-order chi connectivity index (χ1) is 5.97. The molecule has 0 bridgehead atoms. The SMILES string of the molecule is CCCC(=O)N1CC(N)C(C)(C)C1. The van der Waals surface area contributed by atoms with Crippen LogP contribution in [-0.4, -0.2) is 29.9 Å². The van der Waals surface area contributed by atoms with E-state index in [0.717, 1.165) is 19.5 Å². The molecule has 1 atom stereocenters. The Morgan fingerprint density at radius 2 is 2.23 bits per heavy atom. The zero-order valence-corrected chi connectivity index (χ0v) is 8.84. The Bertz CT molecular complexity index is 201. The van der Waals surface area contributed by atoms with Gasteiger partial charge in [0.15, 0.2) is 0 Å². The molecule has 0 aliphatic carbocycles. The van der Waals surface area contributed by atoms with E-state index in [-0.39, 0.29) is 17.4 Å². The predicted octanol–water partition coefficient (Wildman–Crippen LogP) is 0.982. The van der Waals surface area contributed by atoms with Crippen molar-refractivity contribution < 1.29 is 4.79 Å². The predicted molar refractivity (Wildman–Crippen MR) is 53.2 cm³/mol. The van der Waals surface area contributed by atoms with Crippen molar-refractivity contribution in [2.24, 2.45) is 11.1 Å². The second kappa shape index (κ2) is 3.66. The molecule has 0 aromatic heterocycles. The Morgan fingerprint density at radius 3 is 2.62 bits per heavy atom. The average molecular weight is 184 g/mol. The van der Waals surface area contributed by atoms with Crippen LogP contribution < -0.4 is 5.73 Å². The minimum Gasteiger partial charge on any atom is -0.341 e. The van der Waals surface area contributed by atoms with Gasteiger partial charge in [0.1, 0.15) is 0 Å². The van der Waals surface area contributed by atoms with E-state index in [1.54, 1.807) is 0 Å². The number of hydrogen-bond donors (Lipinski definition) is 1. The number of carbonyl (C=O) groups is 1. The Morgan fingerprint density at radius 1 is 1.62 bits per heavy atom. The highest BCUT2D eigenvalue weighted by atomic mass is 16.2. The number of rotatable bonds is 2. The Balaban J connectivity index is 2.53.